The molecule has 1 saturated carbocycles. The molecule has 0 bridgehead atoms. The highest BCUT2D eigenvalue weighted by atomic mass is 16.5. The fourth-order valence-corrected chi connectivity index (χ4v) is 2.50. The van der Waals surface area contributed by atoms with E-state index in [0.717, 1.165) is 31.3 Å². The van der Waals surface area contributed by atoms with Crippen LogP contribution in [0.5, 0.6) is 0 Å². The molecule has 0 unspecified atom stereocenters. The molecule has 1 N–H and O–H groups in total. The fraction of sp³-hybridized carbons (Fsp3) is 0.625. The molecule has 0 heterocycles. The van der Waals surface area contributed by atoms with Crippen molar-refractivity contribution in [2.24, 2.45) is 5.92 Å². The highest BCUT2D eigenvalue weighted by Crippen LogP contribution is 2.38. The van der Waals surface area contributed by atoms with Gasteiger partial charge in [-0.2, -0.15) is 0 Å². The van der Waals surface area contributed by atoms with Gasteiger partial charge in [-0.15, -0.1) is 6.58 Å². The summed E-state index contributed by atoms with van der Waals surface area (Å²) in [5.41, 5.74) is 1.45. The highest BCUT2D eigenvalue weighted by molar-refractivity contribution is 5.16. The number of allylic oxidation sites excluding steroid dienone is 1. The molecule has 1 fully saturated rings. The lowest BCUT2D eigenvalue weighted by atomic mass is 9.72. The van der Waals surface area contributed by atoms with Gasteiger partial charge in [0.2, 0.25) is 0 Å². The number of hydrogen-bond acceptors (Lipinski definition) is 2. The van der Waals surface area contributed by atoms with E-state index in [1.54, 1.807) is 6.08 Å². The largest absolute Gasteiger partial charge is 0.385 e. The van der Waals surface area contributed by atoms with Crippen molar-refractivity contribution in [3.05, 3.63) is 36.5 Å². The van der Waals surface area contributed by atoms with Crippen LogP contribution in [0.3, 0.4) is 0 Å². The van der Waals surface area contributed by atoms with Crippen molar-refractivity contribution in [3.63, 3.8) is 0 Å². The van der Waals surface area contributed by atoms with Crippen molar-refractivity contribution >= 4 is 0 Å². The van der Waals surface area contributed by atoms with Gasteiger partial charge < -0.3 is 9.84 Å². The predicted octanol–water partition coefficient (Wildman–Crippen LogP) is 3.63. The van der Waals surface area contributed by atoms with Crippen LogP contribution in [0.4, 0.5) is 0 Å². The molecule has 2 atom stereocenters. The van der Waals surface area contributed by atoms with E-state index in [1.165, 1.54) is 5.57 Å². The molecule has 0 aliphatic heterocycles. The lowest BCUT2D eigenvalue weighted by Gasteiger charge is -2.38. The van der Waals surface area contributed by atoms with Crippen molar-refractivity contribution in [2.75, 3.05) is 13.2 Å². The Balaban J connectivity index is 2.49. The van der Waals surface area contributed by atoms with Crippen LogP contribution >= 0.6 is 0 Å². The maximum absolute atomic E-state index is 10.5. The van der Waals surface area contributed by atoms with Crippen LogP contribution in [-0.4, -0.2) is 23.9 Å². The molecular weight excluding hydrogens is 224 g/mol. The number of ether oxygens (including phenoxy) is 1. The van der Waals surface area contributed by atoms with Crippen molar-refractivity contribution in [3.8, 4) is 0 Å². The summed E-state index contributed by atoms with van der Waals surface area (Å²) in [6.07, 6.45) is 7.70. The van der Waals surface area contributed by atoms with Crippen LogP contribution in [0.25, 0.3) is 0 Å². The summed E-state index contributed by atoms with van der Waals surface area (Å²) in [4.78, 5) is 0. The summed E-state index contributed by atoms with van der Waals surface area (Å²) in [6, 6.07) is 0. The summed E-state index contributed by atoms with van der Waals surface area (Å²) in [5.74, 6) is 0.0930. The first-order chi connectivity index (χ1) is 8.49. The van der Waals surface area contributed by atoms with Crippen molar-refractivity contribution in [2.45, 2.75) is 45.1 Å². The highest BCUT2D eigenvalue weighted by Gasteiger charge is 2.37. The van der Waals surface area contributed by atoms with Crippen LogP contribution in [0.15, 0.2) is 36.5 Å². The van der Waals surface area contributed by atoms with Gasteiger partial charge in [-0.05, 0) is 32.3 Å². The Morgan fingerprint density at radius 1 is 1.44 bits per heavy atom. The van der Waals surface area contributed by atoms with E-state index >= 15 is 0 Å². The minimum Gasteiger partial charge on any atom is -0.385 e. The van der Waals surface area contributed by atoms with Crippen LogP contribution in [-0.2, 0) is 4.74 Å². The van der Waals surface area contributed by atoms with Crippen molar-refractivity contribution < 1.29 is 9.84 Å². The third kappa shape index (κ3) is 4.11. The van der Waals surface area contributed by atoms with Gasteiger partial charge in [-0.3, -0.25) is 0 Å². The summed E-state index contributed by atoms with van der Waals surface area (Å²) in [7, 11) is 0. The van der Waals surface area contributed by atoms with E-state index in [-0.39, 0.29) is 5.92 Å². The van der Waals surface area contributed by atoms with E-state index in [0.29, 0.717) is 13.2 Å². The van der Waals surface area contributed by atoms with Gasteiger partial charge in [0, 0.05) is 5.92 Å². The maximum atomic E-state index is 10.5. The lowest BCUT2D eigenvalue weighted by molar-refractivity contribution is 0.00524. The number of aliphatic hydroxyl groups is 1. The molecule has 2 nitrogen and oxygen atoms in total. The summed E-state index contributed by atoms with van der Waals surface area (Å²) in [5, 5.41) is 10.5. The first kappa shape index (κ1) is 15.2. The molecule has 0 aromatic carbocycles. The second-order valence-electron chi connectivity index (χ2n) is 5.45. The molecule has 2 heteroatoms. The number of hydrogen-bond donors (Lipinski definition) is 1. The average Bonchev–Trinajstić information content (AvgIpc) is 2.34. The molecule has 102 valence electrons. The second-order valence-corrected chi connectivity index (χ2v) is 5.45. The first-order valence-corrected chi connectivity index (χ1v) is 6.74. The van der Waals surface area contributed by atoms with E-state index in [2.05, 4.69) is 27.0 Å². The Kier molecular flexibility index (Phi) is 5.83. The quantitative estimate of drug-likeness (QED) is 0.576. The van der Waals surface area contributed by atoms with Gasteiger partial charge in [0.25, 0.3) is 0 Å². The fourth-order valence-electron chi connectivity index (χ4n) is 2.50. The molecule has 0 aromatic heterocycles. The van der Waals surface area contributed by atoms with Crippen LogP contribution in [0.2, 0.25) is 0 Å². The van der Waals surface area contributed by atoms with E-state index in [4.69, 9.17) is 4.74 Å². The molecule has 0 spiro atoms. The van der Waals surface area contributed by atoms with Gasteiger partial charge in [-0.1, -0.05) is 37.1 Å². The van der Waals surface area contributed by atoms with E-state index in [9.17, 15) is 5.11 Å². The van der Waals surface area contributed by atoms with Gasteiger partial charge in [-0.25, -0.2) is 0 Å². The molecular formula is C16H26O2. The van der Waals surface area contributed by atoms with Gasteiger partial charge in [0.15, 0.2) is 0 Å². The Hall–Kier alpha value is -0.860. The molecule has 18 heavy (non-hydrogen) atoms. The van der Waals surface area contributed by atoms with Gasteiger partial charge >= 0.3 is 0 Å². The first-order valence-electron chi connectivity index (χ1n) is 6.74. The van der Waals surface area contributed by atoms with Crippen LogP contribution < -0.4 is 0 Å². The molecule has 0 saturated heterocycles. The minimum atomic E-state index is -0.783. The third-order valence-corrected chi connectivity index (χ3v) is 3.67. The normalized spacial score (nSPS) is 27.6. The smallest absolute Gasteiger partial charge is 0.0890 e. The zero-order valence-electron chi connectivity index (χ0n) is 11.7. The van der Waals surface area contributed by atoms with Crippen LogP contribution in [0, 0.1) is 5.92 Å². The maximum Gasteiger partial charge on any atom is 0.0890 e. The molecule has 1 rings (SSSR count). The zero-order valence-corrected chi connectivity index (χ0v) is 11.7. The average molecular weight is 250 g/mol. The molecule has 1 aliphatic carbocycles. The summed E-state index contributed by atoms with van der Waals surface area (Å²) >= 11 is 0. The number of rotatable bonds is 6. The topological polar surface area (TPSA) is 29.5 Å². The summed E-state index contributed by atoms with van der Waals surface area (Å²) in [6.45, 7) is 13.1. The molecule has 1 aliphatic rings. The monoisotopic (exact) mass is 250 g/mol. The van der Waals surface area contributed by atoms with Crippen molar-refractivity contribution in [1.82, 2.24) is 0 Å². The predicted molar refractivity (Wildman–Crippen MR) is 76.5 cm³/mol. The Bertz CT molecular complexity index is 326. The second kappa shape index (κ2) is 6.91. The Labute approximate surface area is 111 Å². The molecule has 0 aromatic rings. The van der Waals surface area contributed by atoms with Crippen LogP contribution in [0.1, 0.15) is 39.5 Å². The van der Waals surface area contributed by atoms with Gasteiger partial charge in [0.05, 0.1) is 18.8 Å². The minimum absolute atomic E-state index is 0.0930. The summed E-state index contributed by atoms with van der Waals surface area (Å²) < 4.78 is 5.58. The third-order valence-electron chi connectivity index (χ3n) is 3.67. The van der Waals surface area contributed by atoms with Crippen molar-refractivity contribution in [1.29, 1.82) is 0 Å². The molecule has 0 radical (unpaired) electrons. The standard InChI is InChI=1S/C16H26O2/c1-5-16(17)10-7-6-8-15(16)14(4)12-18-11-9-13(2)3/h5,9,15,17H,1,4,6-8,10-12H2,2-3H3/t15-,16-/m1/s1. The molecule has 0 amide bonds. The zero-order chi connectivity index (χ0) is 13.6. The Morgan fingerprint density at radius 2 is 2.17 bits per heavy atom. The van der Waals surface area contributed by atoms with E-state index in [1.807, 2.05) is 6.08 Å². The lowest BCUT2D eigenvalue weighted by Crippen LogP contribution is -2.40. The van der Waals surface area contributed by atoms with Gasteiger partial charge in [0.1, 0.15) is 0 Å². The van der Waals surface area contributed by atoms with E-state index < -0.39 is 5.60 Å². The Morgan fingerprint density at radius 3 is 2.78 bits per heavy atom. The SMILES string of the molecule is C=C[C@@]1(O)CCCC[C@@H]1C(=C)COCC=C(C)C.